The van der Waals surface area contributed by atoms with E-state index < -0.39 is 17.6 Å². The predicted octanol–water partition coefficient (Wildman–Crippen LogP) is 4.79. The maximum Gasteiger partial charge on any atom is 0.415 e. The Balaban J connectivity index is 0.000000201. The number of alkyl halides is 3. The van der Waals surface area contributed by atoms with Gasteiger partial charge in [-0.05, 0) is 31.2 Å². The second kappa shape index (κ2) is 13.5. The monoisotopic (exact) mass is 600 g/mol. The Bertz CT molecular complexity index is 1910. The number of rotatable bonds is 6. The SMILES string of the molecule is [C-]#[N+]c1cc(-c2ncn(/C=C\C(=O)NN)n2)cc(C(F)(F)F)c1.[C-]#[N+]c1cc(C)cc(-c2ncn(/C=C\c3nnco3)n2)c1. The molecule has 3 N–H and O–H groups in total. The summed E-state index contributed by atoms with van der Waals surface area (Å²) in [6.07, 6.45) is 5.02. The van der Waals surface area contributed by atoms with E-state index in [2.05, 4.69) is 40.1 Å². The molecule has 0 fully saturated rings. The number of carbonyl (C=O) groups excluding carboxylic acids is 1. The van der Waals surface area contributed by atoms with Crippen LogP contribution in [-0.2, 0) is 11.0 Å². The summed E-state index contributed by atoms with van der Waals surface area (Å²) in [7, 11) is 0. The molecule has 5 aromatic rings. The summed E-state index contributed by atoms with van der Waals surface area (Å²) >= 11 is 0. The zero-order valence-electron chi connectivity index (χ0n) is 22.5. The summed E-state index contributed by atoms with van der Waals surface area (Å²) < 4.78 is 46.2. The van der Waals surface area contributed by atoms with Crippen molar-refractivity contribution in [2.24, 2.45) is 5.84 Å². The summed E-state index contributed by atoms with van der Waals surface area (Å²) in [6, 6.07) is 8.38. The van der Waals surface area contributed by atoms with E-state index in [9.17, 15) is 18.0 Å². The summed E-state index contributed by atoms with van der Waals surface area (Å²) in [4.78, 5) is 25.5. The van der Waals surface area contributed by atoms with Crippen LogP contribution in [0.15, 0.2) is 65.9 Å². The summed E-state index contributed by atoms with van der Waals surface area (Å²) in [6.45, 7) is 15.9. The fraction of sp³-hybridized carbons (Fsp3) is 0.0741. The van der Waals surface area contributed by atoms with E-state index in [1.165, 1.54) is 25.0 Å². The maximum atomic E-state index is 12.8. The van der Waals surface area contributed by atoms with Crippen molar-refractivity contribution in [2.75, 3.05) is 0 Å². The average Bonchev–Trinajstić information content (AvgIpc) is 3.81. The van der Waals surface area contributed by atoms with Crippen molar-refractivity contribution in [3.8, 4) is 22.8 Å². The van der Waals surface area contributed by atoms with Crippen molar-refractivity contribution >= 4 is 35.8 Å². The van der Waals surface area contributed by atoms with Crippen molar-refractivity contribution in [3.05, 3.63) is 101 Å². The summed E-state index contributed by atoms with van der Waals surface area (Å²) in [5.41, 5.74) is 3.15. The average molecular weight is 601 g/mol. The number of nitrogens with zero attached hydrogens (tertiary/aromatic N) is 10. The third-order valence-corrected chi connectivity index (χ3v) is 5.37. The number of hydrogen-bond acceptors (Lipinski definition) is 9. The van der Waals surface area contributed by atoms with Crippen molar-refractivity contribution in [3.63, 3.8) is 0 Å². The Morgan fingerprint density at radius 2 is 1.57 bits per heavy atom. The number of aromatic nitrogens is 8. The van der Waals surface area contributed by atoms with E-state index in [-0.39, 0.29) is 17.1 Å². The van der Waals surface area contributed by atoms with Gasteiger partial charge in [-0.15, -0.1) is 20.4 Å². The number of halogens is 3. The number of hydrazine groups is 1. The van der Waals surface area contributed by atoms with Crippen LogP contribution >= 0.6 is 0 Å². The van der Waals surface area contributed by atoms with Crippen molar-refractivity contribution in [1.29, 1.82) is 0 Å². The van der Waals surface area contributed by atoms with Gasteiger partial charge in [0.25, 0.3) is 5.91 Å². The molecule has 0 unspecified atom stereocenters. The van der Waals surface area contributed by atoms with Crippen LogP contribution in [0.3, 0.4) is 0 Å². The van der Waals surface area contributed by atoms with Gasteiger partial charge in [-0.25, -0.2) is 34.9 Å². The van der Waals surface area contributed by atoms with Gasteiger partial charge in [0.1, 0.15) is 12.7 Å². The lowest BCUT2D eigenvalue weighted by Crippen LogP contribution is -2.28. The van der Waals surface area contributed by atoms with Gasteiger partial charge in [0, 0.05) is 41.2 Å². The first kappa shape index (κ1) is 30.5. The molecule has 44 heavy (non-hydrogen) atoms. The predicted molar refractivity (Wildman–Crippen MR) is 150 cm³/mol. The molecule has 3 heterocycles. The zero-order chi connectivity index (χ0) is 31.7. The lowest BCUT2D eigenvalue weighted by atomic mass is 10.1. The number of nitrogens with two attached hydrogens (primary N) is 1. The van der Waals surface area contributed by atoms with Gasteiger partial charge in [0.2, 0.25) is 12.3 Å². The number of benzene rings is 2. The van der Waals surface area contributed by atoms with E-state index in [1.54, 1.807) is 29.4 Å². The Labute approximate surface area is 246 Å². The molecule has 0 bridgehead atoms. The topological polar surface area (TPSA) is 164 Å². The number of hydrogen-bond donors (Lipinski definition) is 2. The lowest BCUT2D eigenvalue weighted by Gasteiger charge is -2.08. The molecule has 0 spiro atoms. The van der Waals surface area contributed by atoms with Gasteiger partial charge in [0.05, 0.1) is 13.1 Å². The normalized spacial score (nSPS) is 11.2. The molecule has 0 aliphatic heterocycles. The summed E-state index contributed by atoms with van der Waals surface area (Å²) in [5.74, 6) is 5.23. The fourth-order valence-electron chi connectivity index (χ4n) is 3.47. The fourth-order valence-corrected chi connectivity index (χ4v) is 3.47. The number of carbonyl (C=O) groups is 1. The Morgan fingerprint density at radius 3 is 2.14 bits per heavy atom. The maximum absolute atomic E-state index is 12.8. The minimum atomic E-state index is -4.59. The van der Waals surface area contributed by atoms with E-state index in [0.29, 0.717) is 17.4 Å². The molecule has 220 valence electrons. The molecule has 3 aromatic heterocycles. The third-order valence-electron chi connectivity index (χ3n) is 5.37. The van der Waals surface area contributed by atoms with Gasteiger partial charge >= 0.3 is 6.18 Å². The number of aryl methyl sites for hydroxylation is 1. The van der Waals surface area contributed by atoms with Crippen LogP contribution in [-0.4, -0.2) is 45.6 Å². The molecule has 14 nitrogen and oxygen atoms in total. The first-order valence-electron chi connectivity index (χ1n) is 12.1. The van der Waals surface area contributed by atoms with Crippen LogP contribution < -0.4 is 11.3 Å². The first-order chi connectivity index (χ1) is 21.1. The van der Waals surface area contributed by atoms with Crippen LogP contribution in [0.2, 0.25) is 0 Å². The Kier molecular flexibility index (Phi) is 9.33. The van der Waals surface area contributed by atoms with E-state index in [4.69, 9.17) is 23.4 Å². The van der Waals surface area contributed by atoms with Gasteiger partial charge in [-0.1, -0.05) is 17.7 Å². The zero-order valence-corrected chi connectivity index (χ0v) is 22.5. The minimum Gasteiger partial charge on any atom is -0.424 e. The molecule has 0 saturated carbocycles. The highest BCUT2D eigenvalue weighted by molar-refractivity contribution is 5.89. The highest BCUT2D eigenvalue weighted by Gasteiger charge is 2.31. The number of nitrogens with one attached hydrogen (secondary N) is 1. The molecular weight excluding hydrogens is 581 g/mol. The molecule has 1 amide bonds. The van der Waals surface area contributed by atoms with Crippen LogP contribution in [0.4, 0.5) is 24.5 Å². The molecule has 0 aliphatic rings. The minimum absolute atomic E-state index is 0.0150. The Hall–Kier alpha value is -6.46. The lowest BCUT2D eigenvalue weighted by molar-refractivity contribution is -0.137. The van der Waals surface area contributed by atoms with E-state index in [1.807, 2.05) is 24.5 Å². The van der Waals surface area contributed by atoms with Crippen LogP contribution in [0.25, 0.3) is 50.9 Å². The van der Waals surface area contributed by atoms with E-state index in [0.717, 1.165) is 34.0 Å². The van der Waals surface area contributed by atoms with Crippen LogP contribution in [0.1, 0.15) is 17.0 Å². The largest absolute Gasteiger partial charge is 0.424 e. The van der Waals surface area contributed by atoms with Gasteiger partial charge in [-0.3, -0.25) is 10.2 Å². The van der Waals surface area contributed by atoms with Gasteiger partial charge in [-0.2, -0.15) is 13.2 Å². The third kappa shape index (κ3) is 8.06. The van der Waals surface area contributed by atoms with Crippen molar-refractivity contribution < 1.29 is 22.4 Å². The highest BCUT2D eigenvalue weighted by Crippen LogP contribution is 2.35. The van der Waals surface area contributed by atoms with Gasteiger partial charge < -0.3 is 4.42 Å². The van der Waals surface area contributed by atoms with E-state index >= 15 is 0 Å². The van der Waals surface area contributed by atoms with Crippen molar-refractivity contribution in [2.45, 2.75) is 13.1 Å². The smallest absolute Gasteiger partial charge is 0.415 e. The molecule has 0 radical (unpaired) electrons. The first-order valence-corrected chi connectivity index (χ1v) is 12.1. The quantitative estimate of drug-likeness (QED) is 0.0917. The molecule has 0 atom stereocenters. The number of amides is 1. The second-order valence-electron chi connectivity index (χ2n) is 8.56. The van der Waals surface area contributed by atoms with Crippen LogP contribution in [0.5, 0.6) is 0 Å². The summed E-state index contributed by atoms with van der Waals surface area (Å²) in [5, 5.41) is 15.5. The molecule has 0 aliphatic carbocycles. The van der Waals surface area contributed by atoms with Crippen LogP contribution in [0, 0.1) is 20.1 Å². The standard InChI is InChI=1S/C14H10N6O.C13H9F3N6O/c1-10-5-11(7-12(6-10)15-2)14-16-8-20(19-14)4-3-13-18-17-9-21-13;1-18-10-5-8(4-9(6-10)13(14,15)16)12-19-7-22(21-12)3-2-11(23)20-17/h3-9H,1H3;2-7H,17H2,(H,20,23)/b4-3-;3-2-. The molecular formula is C27H19F3N12O2. The molecule has 17 heteroatoms. The molecule has 0 saturated heterocycles. The van der Waals surface area contributed by atoms with Gasteiger partial charge in [0.15, 0.2) is 23.0 Å². The highest BCUT2D eigenvalue weighted by atomic mass is 19.4. The molecule has 5 rings (SSSR count). The Morgan fingerprint density at radius 1 is 0.955 bits per heavy atom. The molecule has 2 aromatic carbocycles. The van der Waals surface area contributed by atoms with Crippen molar-refractivity contribution in [1.82, 2.24) is 45.2 Å². The second-order valence-corrected chi connectivity index (χ2v) is 8.56.